The Morgan fingerprint density at radius 1 is 0.509 bits per heavy atom. The van der Waals surface area contributed by atoms with E-state index in [0.717, 1.165) is 51.4 Å². The smallest absolute Gasteiger partial charge is 0.462 e. The summed E-state index contributed by atoms with van der Waals surface area (Å²) in [6, 6.07) is 0. The van der Waals surface area contributed by atoms with E-state index in [4.69, 9.17) is 19.3 Å². The first kappa shape index (κ1) is 54.7. The van der Waals surface area contributed by atoms with Gasteiger partial charge in [0, 0.05) is 19.3 Å². The number of unbranched alkanes of at least 4 members (excludes halogenated alkanes) is 23. The molecule has 10 heteroatoms. The lowest BCUT2D eigenvalue weighted by molar-refractivity contribution is -0.161. The van der Waals surface area contributed by atoms with Gasteiger partial charge >= 0.3 is 19.8 Å². The maximum atomic E-state index is 12.4. The molecule has 0 aromatic heterocycles. The first-order chi connectivity index (χ1) is 27.7. The van der Waals surface area contributed by atoms with Gasteiger partial charge < -0.3 is 19.3 Å². The molecule has 0 spiro atoms. The van der Waals surface area contributed by atoms with Crippen molar-refractivity contribution in [1.29, 1.82) is 0 Å². The number of phosphoric acid groups is 1. The SMILES string of the molecule is CCCCCCCCCCCCCCCCCCCCCCCC(=O)O[C@H](COC(=O)CCC/C=C\C/C=C\C/C=C\C=C\C(=O)CCCCC)COP(=O)(O)O. The summed E-state index contributed by atoms with van der Waals surface area (Å²) in [6.45, 7) is 3.50. The van der Waals surface area contributed by atoms with E-state index >= 15 is 0 Å². The molecule has 9 nitrogen and oxygen atoms in total. The number of esters is 2. The van der Waals surface area contributed by atoms with Crippen molar-refractivity contribution in [2.75, 3.05) is 13.2 Å². The van der Waals surface area contributed by atoms with Crippen molar-refractivity contribution in [3.63, 3.8) is 0 Å². The van der Waals surface area contributed by atoms with Gasteiger partial charge in [-0.3, -0.25) is 18.9 Å². The van der Waals surface area contributed by atoms with Gasteiger partial charge in [-0.15, -0.1) is 0 Å². The van der Waals surface area contributed by atoms with Crippen LogP contribution in [0.4, 0.5) is 0 Å². The van der Waals surface area contributed by atoms with E-state index in [-0.39, 0.29) is 25.2 Å². The molecule has 0 saturated heterocycles. The predicted molar refractivity (Wildman–Crippen MR) is 235 cm³/mol. The number of ketones is 1. The second kappa shape index (κ2) is 41.8. The molecule has 0 heterocycles. The minimum Gasteiger partial charge on any atom is -0.462 e. The molecule has 0 bridgehead atoms. The van der Waals surface area contributed by atoms with Gasteiger partial charge in [0.15, 0.2) is 11.9 Å². The molecule has 1 atom stereocenters. The highest BCUT2D eigenvalue weighted by molar-refractivity contribution is 7.46. The van der Waals surface area contributed by atoms with E-state index in [1.54, 1.807) is 12.2 Å². The van der Waals surface area contributed by atoms with Gasteiger partial charge in [-0.05, 0) is 44.6 Å². The molecule has 0 saturated carbocycles. The number of rotatable bonds is 42. The van der Waals surface area contributed by atoms with Crippen LogP contribution in [0.2, 0.25) is 0 Å². The molecule has 0 aliphatic rings. The van der Waals surface area contributed by atoms with Crippen molar-refractivity contribution in [2.45, 2.75) is 219 Å². The Kier molecular flexibility index (Phi) is 40.1. The van der Waals surface area contributed by atoms with E-state index < -0.39 is 32.5 Å². The summed E-state index contributed by atoms with van der Waals surface area (Å²) in [7, 11) is -4.78. The van der Waals surface area contributed by atoms with Gasteiger partial charge in [-0.1, -0.05) is 198 Å². The zero-order valence-electron chi connectivity index (χ0n) is 36.2. The maximum Gasteiger partial charge on any atom is 0.469 e. The Bertz CT molecular complexity index is 1120. The number of ether oxygens (including phenoxy) is 2. The summed E-state index contributed by atoms with van der Waals surface area (Å²) in [5, 5.41) is 0. The lowest BCUT2D eigenvalue weighted by atomic mass is 10.0. The minimum absolute atomic E-state index is 0.166. The van der Waals surface area contributed by atoms with Crippen molar-refractivity contribution in [1.82, 2.24) is 0 Å². The molecule has 0 radical (unpaired) electrons. The van der Waals surface area contributed by atoms with E-state index in [2.05, 4.69) is 30.5 Å². The summed E-state index contributed by atoms with van der Waals surface area (Å²) < 4.78 is 26.4. The third kappa shape index (κ3) is 44.6. The molecule has 0 aromatic rings. The molecular formula is C47H83O9P. The van der Waals surface area contributed by atoms with Crippen molar-refractivity contribution in [3.8, 4) is 0 Å². The van der Waals surface area contributed by atoms with Crippen LogP contribution in [0.15, 0.2) is 48.6 Å². The van der Waals surface area contributed by atoms with Gasteiger partial charge in [0.1, 0.15) is 6.61 Å². The molecule has 0 fully saturated rings. The summed E-state index contributed by atoms with van der Waals surface area (Å²) in [6.07, 6.45) is 48.3. The summed E-state index contributed by atoms with van der Waals surface area (Å²) in [4.78, 5) is 54.6. The Hall–Kier alpha value is -2.32. The number of allylic oxidation sites excluding steroid dienone is 8. The van der Waals surface area contributed by atoms with Gasteiger partial charge in [-0.2, -0.15) is 0 Å². The van der Waals surface area contributed by atoms with Crippen LogP contribution in [-0.4, -0.2) is 46.8 Å². The normalized spacial score (nSPS) is 12.8. The van der Waals surface area contributed by atoms with Gasteiger partial charge in [0.2, 0.25) is 0 Å². The third-order valence-corrected chi connectivity index (χ3v) is 10.3. The zero-order chi connectivity index (χ0) is 41.9. The highest BCUT2D eigenvalue weighted by Crippen LogP contribution is 2.36. The first-order valence-corrected chi connectivity index (χ1v) is 24.4. The topological polar surface area (TPSA) is 136 Å². The van der Waals surface area contributed by atoms with Crippen molar-refractivity contribution in [2.24, 2.45) is 0 Å². The van der Waals surface area contributed by atoms with Crippen LogP contribution in [0.3, 0.4) is 0 Å². The number of carbonyl (C=O) groups excluding carboxylic acids is 3. The van der Waals surface area contributed by atoms with Crippen LogP contribution in [-0.2, 0) is 32.9 Å². The fraction of sp³-hybridized carbons (Fsp3) is 0.766. The Morgan fingerprint density at radius 2 is 0.947 bits per heavy atom. The molecule has 0 amide bonds. The Morgan fingerprint density at radius 3 is 1.47 bits per heavy atom. The van der Waals surface area contributed by atoms with Crippen molar-refractivity contribution < 1.29 is 42.7 Å². The minimum atomic E-state index is -4.78. The van der Waals surface area contributed by atoms with E-state index in [1.807, 2.05) is 24.3 Å². The van der Waals surface area contributed by atoms with E-state index in [0.29, 0.717) is 25.7 Å². The lowest BCUT2D eigenvalue weighted by Crippen LogP contribution is -2.29. The van der Waals surface area contributed by atoms with Crippen molar-refractivity contribution >= 4 is 25.5 Å². The monoisotopic (exact) mass is 823 g/mol. The Labute approximate surface area is 348 Å². The molecule has 0 aromatic carbocycles. The summed E-state index contributed by atoms with van der Waals surface area (Å²) in [5.74, 6) is -0.811. The fourth-order valence-corrected chi connectivity index (χ4v) is 6.74. The molecule has 57 heavy (non-hydrogen) atoms. The standard InChI is InChI=1S/C47H83O9P/c1-3-5-7-8-9-10-11-12-13-14-15-16-17-18-19-20-23-27-30-33-37-41-47(50)56-45(43-55-57(51,52)53)42-54-46(49)40-36-32-29-26-24-21-22-25-28-31-35-39-44(48)38-34-6-4-2/h21-22,26,28-29,31,35,39,45H,3-20,23-25,27,30,32-34,36-38,40-43H2,1-2H3,(H2,51,52,53)/b22-21-,29-26-,31-28-,39-35+/t45-/m1/s1. The van der Waals surface area contributed by atoms with Crippen LogP contribution >= 0.6 is 7.82 Å². The van der Waals surface area contributed by atoms with Crippen molar-refractivity contribution in [3.05, 3.63) is 48.6 Å². The number of phosphoric ester groups is 1. The second-order valence-electron chi connectivity index (χ2n) is 15.4. The largest absolute Gasteiger partial charge is 0.469 e. The molecule has 0 rings (SSSR count). The summed E-state index contributed by atoms with van der Waals surface area (Å²) >= 11 is 0. The number of hydrogen-bond acceptors (Lipinski definition) is 7. The summed E-state index contributed by atoms with van der Waals surface area (Å²) in [5.41, 5.74) is 0. The lowest BCUT2D eigenvalue weighted by Gasteiger charge is -2.18. The highest BCUT2D eigenvalue weighted by atomic mass is 31.2. The third-order valence-electron chi connectivity index (χ3n) is 9.83. The Balaban J connectivity index is 3.96. The number of carbonyl (C=O) groups is 3. The van der Waals surface area contributed by atoms with Gasteiger partial charge in [-0.25, -0.2) is 4.57 Å². The highest BCUT2D eigenvalue weighted by Gasteiger charge is 2.22. The van der Waals surface area contributed by atoms with Crippen LogP contribution in [0.1, 0.15) is 213 Å². The van der Waals surface area contributed by atoms with E-state index in [1.165, 1.54) is 109 Å². The quantitative estimate of drug-likeness (QED) is 0.0154. The van der Waals surface area contributed by atoms with Crippen LogP contribution in [0.25, 0.3) is 0 Å². The first-order valence-electron chi connectivity index (χ1n) is 22.9. The van der Waals surface area contributed by atoms with E-state index in [9.17, 15) is 18.9 Å². The molecule has 330 valence electrons. The second-order valence-corrected chi connectivity index (χ2v) is 16.7. The number of hydrogen-bond donors (Lipinski definition) is 2. The molecular weight excluding hydrogens is 739 g/mol. The fourth-order valence-electron chi connectivity index (χ4n) is 6.38. The average Bonchev–Trinajstić information content (AvgIpc) is 3.18. The van der Waals surface area contributed by atoms with Crippen LogP contribution in [0.5, 0.6) is 0 Å². The molecule has 2 N–H and O–H groups in total. The zero-order valence-corrected chi connectivity index (χ0v) is 37.1. The average molecular weight is 823 g/mol. The molecule has 0 unspecified atom stereocenters. The maximum absolute atomic E-state index is 12.4. The van der Waals surface area contributed by atoms with Crippen LogP contribution in [0, 0.1) is 0 Å². The van der Waals surface area contributed by atoms with Crippen LogP contribution < -0.4 is 0 Å². The van der Waals surface area contributed by atoms with Gasteiger partial charge in [0.05, 0.1) is 6.61 Å². The molecule has 0 aliphatic carbocycles. The van der Waals surface area contributed by atoms with Gasteiger partial charge in [0.25, 0.3) is 0 Å². The predicted octanol–water partition coefficient (Wildman–Crippen LogP) is 13.5. The molecule has 0 aliphatic heterocycles.